The van der Waals surface area contributed by atoms with Gasteiger partial charge in [-0.25, -0.2) is 4.79 Å². The number of carbonyl (C=O) groups is 2. The largest absolute Gasteiger partial charge is 0.496 e. The summed E-state index contributed by atoms with van der Waals surface area (Å²) in [6.07, 6.45) is 0. The summed E-state index contributed by atoms with van der Waals surface area (Å²) in [5, 5.41) is 0. The first-order chi connectivity index (χ1) is 10.0. The maximum absolute atomic E-state index is 12.1. The fraction of sp³-hybridized carbons (Fsp3) is 0.125. The minimum atomic E-state index is -0.453. The Hall–Kier alpha value is -1.89. The van der Waals surface area contributed by atoms with Gasteiger partial charge in [-0.1, -0.05) is 0 Å². The number of carbonyl (C=O) groups excluding carboxylic acids is 2. The Labute approximate surface area is 136 Å². The summed E-state index contributed by atoms with van der Waals surface area (Å²) in [5.74, 6) is 0.623. The number of ether oxygens (including phenoxy) is 2. The number of Topliss-reactive ketones (excluding diaryl/α,β-unsaturated/α-hetero) is 1. The zero-order chi connectivity index (χ0) is 15.4. The first-order valence-electron chi connectivity index (χ1n) is 6.18. The molecule has 0 aliphatic rings. The summed E-state index contributed by atoms with van der Waals surface area (Å²) in [7, 11) is 1.58. The average Bonchev–Trinajstić information content (AvgIpc) is 2.47. The van der Waals surface area contributed by atoms with Crippen molar-refractivity contribution in [2.75, 3.05) is 7.11 Å². The van der Waals surface area contributed by atoms with E-state index in [-0.39, 0.29) is 5.78 Å². The first kappa shape index (κ1) is 15.5. The number of esters is 1. The molecule has 108 valence electrons. The van der Waals surface area contributed by atoms with E-state index in [1.807, 2.05) is 0 Å². The second-order valence-electron chi connectivity index (χ2n) is 4.32. The van der Waals surface area contributed by atoms with Crippen LogP contribution in [0.25, 0.3) is 0 Å². The monoisotopic (exact) mass is 396 g/mol. The lowest BCUT2D eigenvalue weighted by atomic mass is 10.1. The SMILES string of the molecule is COc1ccc(C(=O)Oc2ccc(C(C)=O)cc2)cc1I. The standard InChI is InChI=1S/C16H13IO4/c1-10(18)11-3-6-13(7-4-11)21-16(19)12-5-8-15(20-2)14(17)9-12/h3-9H,1-2H3. The molecule has 0 radical (unpaired) electrons. The van der Waals surface area contributed by atoms with Crippen LogP contribution in [0.2, 0.25) is 0 Å². The smallest absolute Gasteiger partial charge is 0.343 e. The molecule has 2 rings (SSSR count). The van der Waals surface area contributed by atoms with Gasteiger partial charge in [-0.15, -0.1) is 0 Å². The Morgan fingerprint density at radius 3 is 2.14 bits per heavy atom. The van der Waals surface area contributed by atoms with Crippen LogP contribution >= 0.6 is 22.6 Å². The molecule has 0 bridgehead atoms. The predicted octanol–water partition coefficient (Wildman–Crippen LogP) is 3.72. The molecule has 0 atom stereocenters. The molecule has 2 aromatic rings. The molecule has 0 aromatic heterocycles. The van der Waals surface area contributed by atoms with Gasteiger partial charge in [0.2, 0.25) is 0 Å². The van der Waals surface area contributed by atoms with Gasteiger partial charge in [-0.3, -0.25) is 4.79 Å². The molecule has 0 fully saturated rings. The summed E-state index contributed by atoms with van der Waals surface area (Å²) in [6, 6.07) is 11.5. The molecule has 2 aromatic carbocycles. The molecule has 0 aliphatic heterocycles. The molecule has 0 saturated heterocycles. The third-order valence-corrected chi connectivity index (χ3v) is 3.70. The summed E-state index contributed by atoms with van der Waals surface area (Å²) in [6.45, 7) is 1.49. The zero-order valence-electron chi connectivity index (χ0n) is 11.6. The van der Waals surface area contributed by atoms with Crippen LogP contribution in [0, 0.1) is 3.57 Å². The lowest BCUT2D eigenvalue weighted by Gasteiger charge is -2.07. The predicted molar refractivity (Wildman–Crippen MR) is 87.1 cm³/mol. The fourth-order valence-electron chi connectivity index (χ4n) is 1.72. The van der Waals surface area contributed by atoms with Gasteiger partial charge in [-0.05, 0) is 72.0 Å². The molecule has 5 heteroatoms. The highest BCUT2D eigenvalue weighted by atomic mass is 127. The number of rotatable bonds is 4. The molecule has 0 aliphatic carbocycles. The van der Waals surface area contributed by atoms with Crippen molar-refractivity contribution in [2.45, 2.75) is 6.92 Å². The number of benzene rings is 2. The molecule has 0 unspecified atom stereocenters. The van der Waals surface area contributed by atoms with E-state index in [9.17, 15) is 9.59 Å². The van der Waals surface area contributed by atoms with Crippen LogP contribution in [0.1, 0.15) is 27.6 Å². The molecule has 0 spiro atoms. The van der Waals surface area contributed by atoms with Gasteiger partial charge in [0.15, 0.2) is 5.78 Å². The van der Waals surface area contributed by atoms with Crippen LogP contribution in [0.4, 0.5) is 0 Å². The second kappa shape index (κ2) is 6.71. The molecular weight excluding hydrogens is 383 g/mol. The van der Waals surface area contributed by atoms with Gasteiger partial charge >= 0.3 is 5.97 Å². The number of methoxy groups -OCH3 is 1. The Balaban J connectivity index is 2.14. The molecule has 4 nitrogen and oxygen atoms in total. The number of halogens is 1. The maximum Gasteiger partial charge on any atom is 0.343 e. The van der Waals surface area contributed by atoms with Crippen LogP contribution in [-0.2, 0) is 0 Å². The van der Waals surface area contributed by atoms with Crippen molar-refractivity contribution in [3.8, 4) is 11.5 Å². The van der Waals surface area contributed by atoms with Gasteiger partial charge in [0.25, 0.3) is 0 Å². The summed E-state index contributed by atoms with van der Waals surface area (Å²) in [5.41, 5.74) is 1.02. The minimum Gasteiger partial charge on any atom is -0.496 e. The molecular formula is C16H13IO4. The van der Waals surface area contributed by atoms with Crippen molar-refractivity contribution in [1.82, 2.24) is 0 Å². The van der Waals surface area contributed by atoms with Crippen LogP contribution in [0.3, 0.4) is 0 Å². The van der Waals surface area contributed by atoms with Crippen LogP contribution in [-0.4, -0.2) is 18.9 Å². The Bertz CT molecular complexity index is 677. The van der Waals surface area contributed by atoms with E-state index in [2.05, 4.69) is 22.6 Å². The van der Waals surface area contributed by atoms with E-state index >= 15 is 0 Å². The summed E-state index contributed by atoms with van der Waals surface area (Å²) < 4.78 is 11.2. The van der Waals surface area contributed by atoms with E-state index in [0.717, 1.165) is 3.57 Å². The first-order valence-corrected chi connectivity index (χ1v) is 7.26. The lowest BCUT2D eigenvalue weighted by Crippen LogP contribution is -2.09. The second-order valence-corrected chi connectivity index (χ2v) is 5.48. The fourth-order valence-corrected chi connectivity index (χ4v) is 2.45. The van der Waals surface area contributed by atoms with Gasteiger partial charge in [0, 0.05) is 5.56 Å². The third kappa shape index (κ3) is 3.81. The van der Waals surface area contributed by atoms with Gasteiger partial charge in [0.1, 0.15) is 11.5 Å². The van der Waals surface area contributed by atoms with Crippen molar-refractivity contribution >= 4 is 34.3 Å². The topological polar surface area (TPSA) is 52.6 Å². The summed E-state index contributed by atoms with van der Waals surface area (Å²) in [4.78, 5) is 23.2. The Morgan fingerprint density at radius 1 is 1.00 bits per heavy atom. The molecule has 0 N–H and O–H groups in total. The van der Waals surface area contributed by atoms with Crippen molar-refractivity contribution in [3.05, 3.63) is 57.2 Å². The normalized spacial score (nSPS) is 10.0. The van der Waals surface area contributed by atoms with Crippen LogP contribution < -0.4 is 9.47 Å². The number of ketones is 1. The van der Waals surface area contributed by atoms with E-state index in [0.29, 0.717) is 22.6 Å². The van der Waals surface area contributed by atoms with E-state index in [1.54, 1.807) is 49.6 Å². The van der Waals surface area contributed by atoms with Crippen molar-refractivity contribution in [3.63, 3.8) is 0 Å². The van der Waals surface area contributed by atoms with Crippen LogP contribution in [0.5, 0.6) is 11.5 Å². The lowest BCUT2D eigenvalue weighted by molar-refractivity contribution is 0.0734. The van der Waals surface area contributed by atoms with Crippen molar-refractivity contribution in [2.24, 2.45) is 0 Å². The van der Waals surface area contributed by atoms with Gasteiger partial charge < -0.3 is 9.47 Å². The summed E-state index contributed by atoms with van der Waals surface area (Å²) >= 11 is 2.09. The van der Waals surface area contributed by atoms with E-state index < -0.39 is 5.97 Å². The zero-order valence-corrected chi connectivity index (χ0v) is 13.7. The average molecular weight is 396 g/mol. The van der Waals surface area contributed by atoms with Crippen molar-refractivity contribution in [1.29, 1.82) is 0 Å². The number of hydrogen-bond acceptors (Lipinski definition) is 4. The molecule has 0 amide bonds. The Kier molecular flexibility index (Phi) is 4.95. The molecule has 21 heavy (non-hydrogen) atoms. The van der Waals surface area contributed by atoms with E-state index in [1.165, 1.54) is 6.92 Å². The Morgan fingerprint density at radius 2 is 1.62 bits per heavy atom. The third-order valence-electron chi connectivity index (χ3n) is 2.86. The number of hydrogen-bond donors (Lipinski definition) is 0. The van der Waals surface area contributed by atoms with Gasteiger partial charge in [0.05, 0.1) is 16.2 Å². The van der Waals surface area contributed by atoms with Gasteiger partial charge in [-0.2, -0.15) is 0 Å². The quantitative estimate of drug-likeness (QED) is 0.342. The highest BCUT2D eigenvalue weighted by molar-refractivity contribution is 14.1. The highest BCUT2D eigenvalue weighted by Gasteiger charge is 2.11. The molecule has 0 saturated carbocycles. The van der Waals surface area contributed by atoms with E-state index in [4.69, 9.17) is 9.47 Å². The van der Waals surface area contributed by atoms with Crippen molar-refractivity contribution < 1.29 is 19.1 Å². The minimum absolute atomic E-state index is 0.0300. The highest BCUT2D eigenvalue weighted by Crippen LogP contribution is 2.22. The van der Waals surface area contributed by atoms with Crippen LogP contribution in [0.15, 0.2) is 42.5 Å². The molecule has 0 heterocycles. The maximum atomic E-state index is 12.1.